The van der Waals surface area contributed by atoms with E-state index in [1.807, 2.05) is 6.07 Å². The minimum absolute atomic E-state index is 0.249. The molecule has 1 aliphatic carbocycles. The van der Waals surface area contributed by atoms with Gasteiger partial charge in [-0.15, -0.1) is 0 Å². The van der Waals surface area contributed by atoms with E-state index in [0.717, 1.165) is 36.0 Å². The van der Waals surface area contributed by atoms with Crippen LogP contribution in [-0.4, -0.2) is 22.3 Å². The number of carboxylic acid groups (broad SMARTS) is 1. The number of carboxylic acids is 1. The van der Waals surface area contributed by atoms with Crippen LogP contribution < -0.4 is 0 Å². The molecule has 0 saturated heterocycles. The van der Waals surface area contributed by atoms with Crippen molar-refractivity contribution < 1.29 is 19.4 Å². The maximum absolute atomic E-state index is 13.2. The Hall–Kier alpha value is -2.98. The van der Waals surface area contributed by atoms with E-state index in [9.17, 15) is 19.4 Å². The van der Waals surface area contributed by atoms with Crippen LogP contribution in [0.1, 0.15) is 39.0 Å². The number of hydrogen-bond donors (Lipinski definition) is 2. The second-order valence-corrected chi connectivity index (χ2v) is 7.68. The Labute approximate surface area is 169 Å². The lowest BCUT2D eigenvalue weighted by atomic mass is 9.87. The first-order chi connectivity index (χ1) is 14.0. The number of rotatable bonds is 5. The van der Waals surface area contributed by atoms with Crippen LogP contribution >= 0.6 is 0 Å². The molecule has 0 heterocycles. The second kappa shape index (κ2) is 8.18. The van der Waals surface area contributed by atoms with Crippen molar-refractivity contribution in [2.45, 2.75) is 38.2 Å². The average Bonchev–Trinajstić information content (AvgIpc) is 2.72. The number of aryl methyl sites for hydroxylation is 3. The van der Waals surface area contributed by atoms with Crippen LogP contribution in [0.25, 0.3) is 11.1 Å². The molecule has 3 aromatic carbocycles. The highest BCUT2D eigenvalue weighted by molar-refractivity contribution is 5.90. The summed E-state index contributed by atoms with van der Waals surface area (Å²) in [5.74, 6) is -1.24. The largest absolute Gasteiger partial charge is 0.478 e. The first-order valence-electron chi connectivity index (χ1n) is 9.90. The smallest absolute Gasteiger partial charge is 0.335 e. The first kappa shape index (κ1) is 19.3. The van der Waals surface area contributed by atoms with Crippen molar-refractivity contribution >= 4 is 5.97 Å². The topological polar surface area (TPSA) is 57.5 Å². The molecule has 0 aliphatic heterocycles. The lowest BCUT2D eigenvalue weighted by Gasteiger charge is -2.21. The quantitative estimate of drug-likeness (QED) is 0.656. The predicted molar refractivity (Wildman–Crippen MR) is 111 cm³/mol. The summed E-state index contributed by atoms with van der Waals surface area (Å²) in [6.45, 7) is 0. The molecule has 2 N–H and O–H groups in total. The predicted octanol–water partition coefficient (Wildman–Crippen LogP) is 4.83. The summed E-state index contributed by atoms with van der Waals surface area (Å²) in [5.41, 5.74) is 6.47. The van der Waals surface area contributed by atoms with Gasteiger partial charge in [0.2, 0.25) is 0 Å². The monoisotopic (exact) mass is 390 g/mol. The molecule has 148 valence electrons. The molecule has 0 radical (unpaired) electrons. The summed E-state index contributed by atoms with van der Waals surface area (Å²) in [4.78, 5) is 11.7. The number of halogens is 1. The Morgan fingerprint density at radius 3 is 2.45 bits per heavy atom. The van der Waals surface area contributed by atoms with Crippen molar-refractivity contribution in [1.82, 2.24) is 0 Å². The maximum Gasteiger partial charge on any atom is 0.335 e. The van der Waals surface area contributed by atoms with Gasteiger partial charge in [0.1, 0.15) is 5.82 Å². The molecule has 0 amide bonds. The lowest BCUT2D eigenvalue weighted by molar-refractivity contribution is 0.0695. The third-order valence-corrected chi connectivity index (χ3v) is 5.67. The SMILES string of the molecule is O=C(O)c1ccc(-c2ccc(F)cc2)cc1CCc1ccc2c(c1)CC[C@@H](O)C2. The Balaban J connectivity index is 1.58. The average molecular weight is 390 g/mol. The van der Waals surface area contributed by atoms with Gasteiger partial charge in [0.05, 0.1) is 11.7 Å². The molecule has 1 atom stereocenters. The zero-order valence-electron chi connectivity index (χ0n) is 16.1. The van der Waals surface area contributed by atoms with Gasteiger partial charge in [0, 0.05) is 0 Å². The van der Waals surface area contributed by atoms with Crippen LogP contribution in [0.5, 0.6) is 0 Å². The molecule has 0 fully saturated rings. The zero-order chi connectivity index (χ0) is 20.4. The number of aromatic carboxylic acids is 1. The maximum atomic E-state index is 13.2. The van der Waals surface area contributed by atoms with E-state index in [-0.39, 0.29) is 11.9 Å². The van der Waals surface area contributed by atoms with Gasteiger partial charge in [-0.25, -0.2) is 9.18 Å². The minimum Gasteiger partial charge on any atom is -0.478 e. The van der Waals surface area contributed by atoms with Gasteiger partial charge >= 0.3 is 5.97 Å². The fourth-order valence-corrected chi connectivity index (χ4v) is 4.05. The molecular weight excluding hydrogens is 367 g/mol. The Bertz CT molecular complexity index is 1040. The highest BCUT2D eigenvalue weighted by Crippen LogP contribution is 2.26. The van der Waals surface area contributed by atoms with Gasteiger partial charge in [0.25, 0.3) is 0 Å². The number of hydrogen-bond acceptors (Lipinski definition) is 2. The molecule has 29 heavy (non-hydrogen) atoms. The van der Waals surface area contributed by atoms with Crippen LogP contribution in [0.15, 0.2) is 60.7 Å². The van der Waals surface area contributed by atoms with E-state index >= 15 is 0 Å². The van der Waals surface area contributed by atoms with E-state index in [1.54, 1.807) is 24.3 Å². The molecule has 4 rings (SSSR count). The standard InChI is InChI=1S/C25H23FO3/c26-22-9-5-17(6-10-22)19-8-12-24(25(28)29)21(14-19)4-2-16-1-3-20-15-23(27)11-7-18(20)13-16/h1,3,5-6,8-10,12-14,23,27H,2,4,7,11,15H2,(H,28,29)/t23-/m1/s1. The molecule has 0 spiro atoms. The number of aliphatic hydroxyl groups excluding tert-OH is 1. The summed E-state index contributed by atoms with van der Waals surface area (Å²) in [5, 5.41) is 19.4. The molecule has 3 aromatic rings. The summed E-state index contributed by atoms with van der Waals surface area (Å²) in [7, 11) is 0. The Morgan fingerprint density at radius 2 is 1.69 bits per heavy atom. The van der Waals surface area contributed by atoms with Gasteiger partial charge in [-0.1, -0.05) is 42.5 Å². The molecule has 1 aliphatic rings. The van der Waals surface area contributed by atoms with Crippen molar-refractivity contribution in [2.75, 3.05) is 0 Å². The van der Waals surface area contributed by atoms with Crippen LogP contribution in [-0.2, 0) is 25.7 Å². The van der Waals surface area contributed by atoms with Crippen LogP contribution in [0.3, 0.4) is 0 Å². The molecule has 3 nitrogen and oxygen atoms in total. The van der Waals surface area contributed by atoms with Crippen LogP contribution in [0.4, 0.5) is 4.39 Å². The number of aliphatic hydroxyl groups is 1. The summed E-state index contributed by atoms with van der Waals surface area (Å²) < 4.78 is 13.2. The first-order valence-corrected chi connectivity index (χ1v) is 9.90. The Morgan fingerprint density at radius 1 is 0.931 bits per heavy atom. The summed E-state index contributed by atoms with van der Waals surface area (Å²) in [6.07, 6.45) is 3.48. The third-order valence-electron chi connectivity index (χ3n) is 5.67. The van der Waals surface area contributed by atoms with Crippen molar-refractivity contribution in [3.63, 3.8) is 0 Å². The van der Waals surface area contributed by atoms with Gasteiger partial charge in [0.15, 0.2) is 0 Å². The van der Waals surface area contributed by atoms with Gasteiger partial charge in [-0.2, -0.15) is 0 Å². The normalized spacial score (nSPS) is 15.7. The summed E-state index contributed by atoms with van der Waals surface area (Å²) in [6, 6.07) is 17.8. The summed E-state index contributed by atoms with van der Waals surface area (Å²) >= 11 is 0. The molecule has 0 unspecified atom stereocenters. The van der Waals surface area contributed by atoms with E-state index in [4.69, 9.17) is 0 Å². The zero-order valence-corrected chi connectivity index (χ0v) is 16.1. The number of carbonyl (C=O) groups is 1. The minimum atomic E-state index is -0.940. The molecular formula is C25H23FO3. The van der Waals surface area contributed by atoms with Crippen molar-refractivity contribution in [1.29, 1.82) is 0 Å². The molecule has 0 bridgehead atoms. The van der Waals surface area contributed by atoms with E-state index in [0.29, 0.717) is 18.4 Å². The second-order valence-electron chi connectivity index (χ2n) is 7.68. The highest BCUT2D eigenvalue weighted by Gasteiger charge is 2.17. The van der Waals surface area contributed by atoms with E-state index in [1.165, 1.54) is 28.8 Å². The van der Waals surface area contributed by atoms with Crippen molar-refractivity contribution in [3.8, 4) is 11.1 Å². The highest BCUT2D eigenvalue weighted by atomic mass is 19.1. The van der Waals surface area contributed by atoms with E-state index < -0.39 is 5.97 Å². The van der Waals surface area contributed by atoms with Crippen LogP contribution in [0.2, 0.25) is 0 Å². The fourth-order valence-electron chi connectivity index (χ4n) is 4.05. The molecule has 0 aromatic heterocycles. The number of fused-ring (bicyclic) bond motifs is 1. The van der Waals surface area contributed by atoms with Crippen molar-refractivity contribution in [2.24, 2.45) is 0 Å². The third kappa shape index (κ3) is 4.38. The number of benzene rings is 3. The van der Waals surface area contributed by atoms with Gasteiger partial charge in [-0.05, 0) is 83.7 Å². The van der Waals surface area contributed by atoms with Gasteiger partial charge < -0.3 is 10.2 Å². The fraction of sp³-hybridized carbons (Fsp3) is 0.240. The Kier molecular flexibility index (Phi) is 5.45. The lowest BCUT2D eigenvalue weighted by Crippen LogP contribution is -2.18. The van der Waals surface area contributed by atoms with Crippen molar-refractivity contribution in [3.05, 3.63) is 94.3 Å². The van der Waals surface area contributed by atoms with E-state index in [2.05, 4.69) is 18.2 Å². The molecule has 0 saturated carbocycles. The van der Waals surface area contributed by atoms with Gasteiger partial charge in [-0.3, -0.25) is 0 Å². The van der Waals surface area contributed by atoms with Crippen LogP contribution in [0, 0.1) is 5.82 Å². The molecule has 4 heteroatoms.